The third-order valence-electron chi connectivity index (χ3n) is 2.90. The third kappa shape index (κ3) is 2.38. The summed E-state index contributed by atoms with van der Waals surface area (Å²) in [6.45, 7) is 4.34. The van der Waals surface area contributed by atoms with Crippen LogP contribution < -0.4 is 0 Å². The van der Waals surface area contributed by atoms with Gasteiger partial charge in [0.1, 0.15) is 0 Å². The lowest BCUT2D eigenvalue weighted by Crippen LogP contribution is -2.60. The van der Waals surface area contributed by atoms with Gasteiger partial charge in [-0.05, 0) is 34.5 Å². The average molecular weight is 271 g/mol. The van der Waals surface area contributed by atoms with E-state index in [0.717, 1.165) is 36.2 Å². The third-order valence-corrected chi connectivity index (χ3v) is 3.62. The fraction of sp³-hybridized carbons (Fsp3) is 0.545. The van der Waals surface area contributed by atoms with Gasteiger partial charge in [-0.3, -0.25) is 9.88 Å². The molecule has 1 aromatic rings. The molecule has 0 amide bonds. The van der Waals surface area contributed by atoms with Crippen LogP contribution >= 0.6 is 15.9 Å². The Labute approximate surface area is 98.3 Å². The largest absolute Gasteiger partial charge is 0.387 e. The molecule has 1 N–H and O–H groups in total. The topological polar surface area (TPSA) is 36.4 Å². The monoisotopic (exact) mass is 270 g/mol. The average Bonchev–Trinajstić information content (AvgIpc) is 2.18. The standard InChI is InChI=1S/C11H15BrN2O/c1-2-11(15)7-14(8-11)6-10-9(12)4-3-5-13-10/h3-5,15H,2,6-8H2,1H3. The fourth-order valence-electron chi connectivity index (χ4n) is 1.87. The molecule has 2 rings (SSSR count). The first-order chi connectivity index (χ1) is 7.13. The molecule has 0 atom stereocenters. The highest BCUT2D eigenvalue weighted by Crippen LogP contribution is 2.26. The van der Waals surface area contributed by atoms with Gasteiger partial charge >= 0.3 is 0 Å². The number of likely N-dealkylation sites (tertiary alicyclic amines) is 1. The van der Waals surface area contributed by atoms with E-state index >= 15 is 0 Å². The molecule has 82 valence electrons. The zero-order chi connectivity index (χ0) is 10.9. The first-order valence-corrected chi connectivity index (χ1v) is 5.96. The van der Waals surface area contributed by atoms with Crippen molar-refractivity contribution in [3.05, 3.63) is 28.5 Å². The molecule has 0 saturated carbocycles. The van der Waals surface area contributed by atoms with Gasteiger partial charge in [0.2, 0.25) is 0 Å². The van der Waals surface area contributed by atoms with E-state index in [1.165, 1.54) is 0 Å². The molecule has 4 heteroatoms. The van der Waals surface area contributed by atoms with Gasteiger partial charge in [0.05, 0.1) is 11.3 Å². The van der Waals surface area contributed by atoms with Crippen LogP contribution in [0, 0.1) is 0 Å². The van der Waals surface area contributed by atoms with E-state index in [9.17, 15) is 5.11 Å². The van der Waals surface area contributed by atoms with Crippen LogP contribution in [0.3, 0.4) is 0 Å². The molecule has 0 radical (unpaired) electrons. The predicted molar refractivity (Wildman–Crippen MR) is 62.5 cm³/mol. The summed E-state index contributed by atoms with van der Waals surface area (Å²) in [7, 11) is 0. The molecule has 1 saturated heterocycles. The molecule has 1 aliphatic heterocycles. The highest BCUT2D eigenvalue weighted by molar-refractivity contribution is 9.10. The molecular weight excluding hydrogens is 256 g/mol. The maximum atomic E-state index is 9.86. The molecular formula is C11H15BrN2O. The molecule has 15 heavy (non-hydrogen) atoms. The van der Waals surface area contributed by atoms with E-state index in [-0.39, 0.29) is 0 Å². The summed E-state index contributed by atoms with van der Waals surface area (Å²) in [6, 6.07) is 3.90. The van der Waals surface area contributed by atoms with Gasteiger partial charge in [0.25, 0.3) is 0 Å². The molecule has 0 aromatic carbocycles. The molecule has 1 aliphatic rings. The molecule has 1 fully saturated rings. The summed E-state index contributed by atoms with van der Waals surface area (Å²) in [5.74, 6) is 0. The van der Waals surface area contributed by atoms with Gasteiger partial charge in [-0.2, -0.15) is 0 Å². The van der Waals surface area contributed by atoms with Crippen LogP contribution in [0.1, 0.15) is 19.0 Å². The van der Waals surface area contributed by atoms with Crippen molar-refractivity contribution >= 4 is 15.9 Å². The van der Waals surface area contributed by atoms with Crippen LogP contribution in [0.25, 0.3) is 0 Å². The van der Waals surface area contributed by atoms with Crippen LogP contribution in [0.4, 0.5) is 0 Å². The molecule has 0 unspecified atom stereocenters. The van der Waals surface area contributed by atoms with Crippen LogP contribution in [0.2, 0.25) is 0 Å². The van der Waals surface area contributed by atoms with Gasteiger partial charge in [-0.15, -0.1) is 0 Å². The summed E-state index contributed by atoms with van der Waals surface area (Å²) in [6.07, 6.45) is 2.62. The number of aromatic nitrogens is 1. The Balaban J connectivity index is 1.93. The second-order valence-electron chi connectivity index (χ2n) is 4.15. The minimum atomic E-state index is -0.457. The highest BCUT2D eigenvalue weighted by Gasteiger charge is 2.39. The van der Waals surface area contributed by atoms with E-state index < -0.39 is 5.60 Å². The number of hydrogen-bond acceptors (Lipinski definition) is 3. The van der Waals surface area contributed by atoms with Crippen molar-refractivity contribution in [2.45, 2.75) is 25.5 Å². The van der Waals surface area contributed by atoms with Gasteiger partial charge < -0.3 is 5.11 Å². The lowest BCUT2D eigenvalue weighted by atomic mass is 9.91. The number of pyridine rings is 1. The second kappa shape index (κ2) is 4.20. The van der Waals surface area contributed by atoms with Crippen molar-refractivity contribution in [2.24, 2.45) is 0 Å². The Morgan fingerprint density at radius 2 is 2.33 bits per heavy atom. The number of aliphatic hydroxyl groups is 1. The number of nitrogens with zero attached hydrogens (tertiary/aromatic N) is 2. The summed E-state index contributed by atoms with van der Waals surface area (Å²) >= 11 is 3.47. The molecule has 0 spiro atoms. The molecule has 3 nitrogen and oxygen atoms in total. The first-order valence-electron chi connectivity index (χ1n) is 5.17. The van der Waals surface area contributed by atoms with Crippen LogP contribution in [-0.4, -0.2) is 33.7 Å². The maximum Gasteiger partial charge on any atom is 0.0897 e. The van der Waals surface area contributed by atoms with E-state index in [1.807, 2.05) is 19.1 Å². The van der Waals surface area contributed by atoms with Gasteiger partial charge in [0, 0.05) is 30.3 Å². The summed E-state index contributed by atoms with van der Waals surface area (Å²) in [5.41, 5.74) is 0.581. The van der Waals surface area contributed by atoms with Crippen LogP contribution in [-0.2, 0) is 6.54 Å². The Kier molecular flexibility index (Phi) is 3.09. The summed E-state index contributed by atoms with van der Waals surface area (Å²) in [5, 5.41) is 9.86. The van der Waals surface area contributed by atoms with Gasteiger partial charge in [-0.25, -0.2) is 0 Å². The predicted octanol–water partition coefficient (Wildman–Crippen LogP) is 1.80. The molecule has 0 bridgehead atoms. The smallest absolute Gasteiger partial charge is 0.0897 e. The minimum absolute atomic E-state index is 0.457. The molecule has 1 aromatic heterocycles. The summed E-state index contributed by atoms with van der Waals surface area (Å²) < 4.78 is 1.04. The Morgan fingerprint density at radius 1 is 1.60 bits per heavy atom. The SMILES string of the molecule is CCC1(O)CN(Cc2ncccc2Br)C1. The van der Waals surface area contributed by atoms with Crippen molar-refractivity contribution in [3.8, 4) is 0 Å². The number of halogens is 1. The lowest BCUT2D eigenvalue weighted by Gasteiger charge is -2.46. The maximum absolute atomic E-state index is 9.86. The summed E-state index contributed by atoms with van der Waals surface area (Å²) in [4.78, 5) is 6.51. The second-order valence-corrected chi connectivity index (χ2v) is 5.01. The van der Waals surface area contributed by atoms with Crippen molar-refractivity contribution in [1.82, 2.24) is 9.88 Å². The van der Waals surface area contributed by atoms with Gasteiger partial charge in [-0.1, -0.05) is 6.92 Å². The van der Waals surface area contributed by atoms with Crippen molar-refractivity contribution in [2.75, 3.05) is 13.1 Å². The Morgan fingerprint density at radius 3 is 2.93 bits per heavy atom. The zero-order valence-electron chi connectivity index (χ0n) is 8.78. The first kappa shape index (κ1) is 11.0. The zero-order valence-corrected chi connectivity index (χ0v) is 10.4. The van der Waals surface area contributed by atoms with Gasteiger partial charge in [0.15, 0.2) is 0 Å². The minimum Gasteiger partial charge on any atom is -0.387 e. The Bertz CT molecular complexity index is 350. The lowest BCUT2D eigenvalue weighted by molar-refractivity contribution is -0.104. The molecule has 0 aliphatic carbocycles. The van der Waals surface area contributed by atoms with E-state index in [2.05, 4.69) is 25.8 Å². The van der Waals surface area contributed by atoms with Crippen molar-refractivity contribution in [3.63, 3.8) is 0 Å². The van der Waals surface area contributed by atoms with Crippen molar-refractivity contribution in [1.29, 1.82) is 0 Å². The van der Waals surface area contributed by atoms with Crippen molar-refractivity contribution < 1.29 is 5.11 Å². The number of β-amino-alcohol motifs (C(OH)–C–C–N with tert-alkyl or cyclic N) is 1. The van der Waals surface area contributed by atoms with E-state index in [1.54, 1.807) is 6.20 Å². The van der Waals surface area contributed by atoms with Crippen LogP contribution in [0.5, 0.6) is 0 Å². The molecule has 2 heterocycles. The quantitative estimate of drug-likeness (QED) is 0.910. The van der Waals surface area contributed by atoms with Crippen LogP contribution in [0.15, 0.2) is 22.8 Å². The number of hydrogen-bond donors (Lipinski definition) is 1. The highest BCUT2D eigenvalue weighted by atomic mass is 79.9. The number of rotatable bonds is 3. The fourth-order valence-corrected chi connectivity index (χ4v) is 2.25. The normalized spacial score (nSPS) is 19.9. The van der Waals surface area contributed by atoms with E-state index in [0.29, 0.717) is 0 Å². The van der Waals surface area contributed by atoms with E-state index in [4.69, 9.17) is 0 Å². The Hall–Kier alpha value is -0.450.